The highest BCUT2D eigenvalue weighted by molar-refractivity contribution is 5.81. The molecule has 1 saturated carbocycles. The van der Waals surface area contributed by atoms with Gasteiger partial charge in [0.05, 0.1) is 12.6 Å². The van der Waals surface area contributed by atoms with E-state index in [2.05, 4.69) is 9.89 Å². The number of nitrogens with zero attached hydrogens (tertiary/aromatic N) is 2. The first-order valence-corrected chi connectivity index (χ1v) is 7.01. The fourth-order valence-electron chi connectivity index (χ4n) is 3.39. The quantitative estimate of drug-likeness (QED) is 0.889. The SMILES string of the molecule is Cc1cc(F)ccc1C1CN=C(N)N1C1CCCC1. The van der Waals surface area contributed by atoms with Gasteiger partial charge in [0.2, 0.25) is 0 Å². The molecule has 0 spiro atoms. The lowest BCUT2D eigenvalue weighted by Crippen LogP contribution is -2.42. The van der Waals surface area contributed by atoms with E-state index in [0.717, 1.165) is 11.1 Å². The standard InChI is InChI=1S/C15H20FN3/c1-10-8-11(16)6-7-13(10)14-9-18-15(17)19(14)12-4-2-3-5-12/h6-8,12,14H,2-5,9H2,1H3,(H2,17,18). The van der Waals surface area contributed by atoms with Crippen LogP contribution in [0.5, 0.6) is 0 Å². The van der Waals surface area contributed by atoms with Gasteiger partial charge in [-0.25, -0.2) is 4.39 Å². The Labute approximate surface area is 113 Å². The van der Waals surface area contributed by atoms with Crippen molar-refractivity contribution < 1.29 is 4.39 Å². The van der Waals surface area contributed by atoms with Gasteiger partial charge in [-0.2, -0.15) is 0 Å². The Balaban J connectivity index is 1.91. The van der Waals surface area contributed by atoms with E-state index < -0.39 is 0 Å². The van der Waals surface area contributed by atoms with Crippen LogP contribution in [-0.2, 0) is 0 Å². The highest BCUT2D eigenvalue weighted by atomic mass is 19.1. The van der Waals surface area contributed by atoms with Gasteiger partial charge < -0.3 is 10.6 Å². The molecule has 102 valence electrons. The molecule has 0 aromatic heterocycles. The van der Waals surface area contributed by atoms with Gasteiger partial charge in [-0.15, -0.1) is 0 Å². The molecule has 4 heteroatoms. The van der Waals surface area contributed by atoms with Gasteiger partial charge in [0.25, 0.3) is 0 Å². The van der Waals surface area contributed by atoms with Crippen molar-refractivity contribution >= 4 is 5.96 Å². The zero-order valence-corrected chi connectivity index (χ0v) is 11.3. The second-order valence-corrected chi connectivity index (χ2v) is 5.56. The zero-order valence-electron chi connectivity index (χ0n) is 11.3. The van der Waals surface area contributed by atoms with Crippen molar-refractivity contribution in [1.82, 2.24) is 4.90 Å². The molecule has 19 heavy (non-hydrogen) atoms. The maximum absolute atomic E-state index is 13.2. The van der Waals surface area contributed by atoms with Gasteiger partial charge in [0.1, 0.15) is 5.82 Å². The summed E-state index contributed by atoms with van der Waals surface area (Å²) in [6, 6.07) is 5.69. The first-order valence-electron chi connectivity index (χ1n) is 7.01. The monoisotopic (exact) mass is 261 g/mol. The molecule has 3 nitrogen and oxygen atoms in total. The third-order valence-electron chi connectivity index (χ3n) is 4.34. The van der Waals surface area contributed by atoms with E-state index >= 15 is 0 Å². The normalized spacial score (nSPS) is 24.0. The summed E-state index contributed by atoms with van der Waals surface area (Å²) in [4.78, 5) is 6.67. The van der Waals surface area contributed by atoms with Crippen molar-refractivity contribution in [3.63, 3.8) is 0 Å². The lowest BCUT2D eigenvalue weighted by atomic mass is 9.99. The maximum atomic E-state index is 13.2. The van der Waals surface area contributed by atoms with E-state index in [-0.39, 0.29) is 11.9 Å². The molecule has 3 rings (SSSR count). The van der Waals surface area contributed by atoms with Crippen LogP contribution in [0.1, 0.15) is 42.9 Å². The van der Waals surface area contributed by atoms with E-state index in [1.54, 1.807) is 6.07 Å². The molecule has 2 aliphatic rings. The number of nitrogens with two attached hydrogens (primary N) is 1. The Morgan fingerprint density at radius 2 is 2.05 bits per heavy atom. The van der Waals surface area contributed by atoms with Crippen LogP contribution >= 0.6 is 0 Å². The molecular weight excluding hydrogens is 241 g/mol. The highest BCUT2D eigenvalue weighted by Crippen LogP contribution is 2.35. The van der Waals surface area contributed by atoms with E-state index in [4.69, 9.17) is 5.73 Å². The minimum absolute atomic E-state index is 0.180. The lowest BCUT2D eigenvalue weighted by Gasteiger charge is -2.33. The fourth-order valence-corrected chi connectivity index (χ4v) is 3.39. The average molecular weight is 261 g/mol. The molecule has 1 fully saturated rings. The number of halogens is 1. The van der Waals surface area contributed by atoms with E-state index in [9.17, 15) is 4.39 Å². The topological polar surface area (TPSA) is 41.6 Å². The Hall–Kier alpha value is -1.58. The predicted octanol–water partition coefficient (Wildman–Crippen LogP) is 2.75. The summed E-state index contributed by atoms with van der Waals surface area (Å²) in [6.45, 7) is 2.65. The number of rotatable bonds is 2. The second-order valence-electron chi connectivity index (χ2n) is 5.56. The zero-order chi connectivity index (χ0) is 13.4. The molecular formula is C15H20FN3. The number of benzene rings is 1. The maximum Gasteiger partial charge on any atom is 0.192 e. The van der Waals surface area contributed by atoms with Crippen molar-refractivity contribution in [1.29, 1.82) is 0 Å². The number of aryl methyl sites for hydroxylation is 1. The van der Waals surface area contributed by atoms with Crippen molar-refractivity contribution in [3.05, 3.63) is 35.1 Å². The number of guanidine groups is 1. The first kappa shape index (κ1) is 12.5. The number of hydrogen-bond donors (Lipinski definition) is 1. The van der Waals surface area contributed by atoms with E-state index in [1.165, 1.54) is 31.7 Å². The Bertz CT molecular complexity index is 506. The molecule has 2 N–H and O–H groups in total. The molecule has 1 unspecified atom stereocenters. The highest BCUT2D eigenvalue weighted by Gasteiger charge is 2.35. The first-order chi connectivity index (χ1) is 9.16. The Morgan fingerprint density at radius 3 is 2.74 bits per heavy atom. The van der Waals surface area contributed by atoms with Gasteiger partial charge in [0.15, 0.2) is 5.96 Å². The van der Waals surface area contributed by atoms with Crippen LogP contribution in [-0.4, -0.2) is 23.4 Å². The van der Waals surface area contributed by atoms with Gasteiger partial charge >= 0.3 is 0 Å². The average Bonchev–Trinajstić information content (AvgIpc) is 2.98. The van der Waals surface area contributed by atoms with Gasteiger partial charge in [0, 0.05) is 6.04 Å². The third-order valence-corrected chi connectivity index (χ3v) is 4.34. The van der Waals surface area contributed by atoms with Crippen LogP contribution < -0.4 is 5.73 Å². The van der Waals surface area contributed by atoms with Crippen LogP contribution in [0.4, 0.5) is 4.39 Å². The summed E-state index contributed by atoms with van der Waals surface area (Å²) in [7, 11) is 0. The van der Waals surface area contributed by atoms with Gasteiger partial charge in [-0.1, -0.05) is 18.9 Å². The van der Waals surface area contributed by atoms with Crippen LogP contribution in [0.2, 0.25) is 0 Å². The van der Waals surface area contributed by atoms with Gasteiger partial charge in [-0.05, 0) is 43.0 Å². The Morgan fingerprint density at radius 1 is 1.32 bits per heavy atom. The third kappa shape index (κ3) is 2.20. The molecule has 1 heterocycles. The summed E-state index contributed by atoms with van der Waals surface area (Å²) in [6.07, 6.45) is 4.91. The summed E-state index contributed by atoms with van der Waals surface area (Å²) in [5, 5.41) is 0. The van der Waals surface area contributed by atoms with Crippen LogP contribution in [0, 0.1) is 12.7 Å². The van der Waals surface area contributed by atoms with Crippen LogP contribution in [0.3, 0.4) is 0 Å². The molecule has 0 bridgehead atoms. The predicted molar refractivity (Wildman–Crippen MR) is 74.5 cm³/mol. The molecule has 0 saturated heterocycles. The molecule has 1 aromatic rings. The minimum Gasteiger partial charge on any atom is -0.370 e. The fraction of sp³-hybridized carbons (Fsp3) is 0.533. The van der Waals surface area contributed by atoms with Crippen molar-refractivity contribution in [2.75, 3.05) is 6.54 Å². The van der Waals surface area contributed by atoms with Crippen molar-refractivity contribution in [2.24, 2.45) is 10.7 Å². The summed E-state index contributed by atoms with van der Waals surface area (Å²) in [5.41, 5.74) is 8.20. The van der Waals surface area contributed by atoms with E-state index in [0.29, 0.717) is 18.5 Å². The van der Waals surface area contributed by atoms with Crippen LogP contribution in [0.15, 0.2) is 23.2 Å². The second kappa shape index (κ2) is 4.83. The number of aliphatic imine (C=N–C) groups is 1. The van der Waals surface area contributed by atoms with Crippen LogP contribution in [0.25, 0.3) is 0 Å². The molecule has 1 aromatic carbocycles. The largest absolute Gasteiger partial charge is 0.370 e. The lowest BCUT2D eigenvalue weighted by molar-refractivity contribution is 0.261. The smallest absolute Gasteiger partial charge is 0.192 e. The molecule has 0 radical (unpaired) electrons. The molecule has 1 atom stereocenters. The van der Waals surface area contributed by atoms with E-state index in [1.807, 2.05) is 13.0 Å². The molecule has 1 aliphatic heterocycles. The van der Waals surface area contributed by atoms with Gasteiger partial charge in [-0.3, -0.25) is 4.99 Å². The summed E-state index contributed by atoms with van der Waals surface area (Å²) >= 11 is 0. The summed E-state index contributed by atoms with van der Waals surface area (Å²) in [5.74, 6) is 0.473. The summed E-state index contributed by atoms with van der Waals surface area (Å²) < 4.78 is 13.2. The number of hydrogen-bond acceptors (Lipinski definition) is 3. The molecule has 0 amide bonds. The van der Waals surface area contributed by atoms with Crippen molar-refractivity contribution in [2.45, 2.75) is 44.7 Å². The molecule has 1 aliphatic carbocycles. The Kier molecular flexibility index (Phi) is 3.17. The minimum atomic E-state index is -0.180. The van der Waals surface area contributed by atoms with Crippen molar-refractivity contribution in [3.8, 4) is 0 Å².